The first-order valence-corrected chi connectivity index (χ1v) is 9.16. The van der Waals surface area contributed by atoms with Crippen LogP contribution in [-0.2, 0) is 19.1 Å². The maximum atomic E-state index is 12.5. The average molecular weight is 389 g/mol. The number of esters is 1. The summed E-state index contributed by atoms with van der Waals surface area (Å²) in [6.07, 6.45) is 1.74. The first kappa shape index (κ1) is 19.7. The summed E-state index contributed by atoms with van der Waals surface area (Å²) >= 11 is 0. The number of carbonyl (C=O) groups excluding carboxylic acids is 4. The van der Waals surface area contributed by atoms with E-state index in [2.05, 4.69) is 10.6 Å². The highest BCUT2D eigenvalue weighted by atomic mass is 16.5. The second-order valence-electron chi connectivity index (χ2n) is 6.96. The molecule has 2 aliphatic rings. The molecule has 0 radical (unpaired) electrons. The highest BCUT2D eigenvalue weighted by molar-refractivity contribution is 6.09. The van der Waals surface area contributed by atoms with Crippen LogP contribution in [0.2, 0.25) is 0 Å². The number of anilines is 1. The van der Waals surface area contributed by atoms with Gasteiger partial charge in [0, 0.05) is 5.69 Å². The zero-order chi connectivity index (χ0) is 20.3. The van der Waals surface area contributed by atoms with Crippen LogP contribution in [0.1, 0.15) is 26.7 Å². The van der Waals surface area contributed by atoms with Gasteiger partial charge in [-0.1, -0.05) is 0 Å². The maximum absolute atomic E-state index is 12.5. The van der Waals surface area contributed by atoms with Crippen molar-refractivity contribution in [3.63, 3.8) is 0 Å². The molecule has 2 N–H and O–H groups in total. The number of hydrogen-bond acceptors (Lipinski definition) is 6. The van der Waals surface area contributed by atoms with Crippen molar-refractivity contribution in [3.8, 4) is 5.75 Å². The summed E-state index contributed by atoms with van der Waals surface area (Å²) in [4.78, 5) is 49.2. The number of hydrogen-bond donors (Lipinski definition) is 2. The van der Waals surface area contributed by atoms with Gasteiger partial charge in [0.2, 0.25) is 0 Å². The fourth-order valence-corrected chi connectivity index (χ4v) is 3.12. The van der Waals surface area contributed by atoms with Gasteiger partial charge in [0.05, 0.1) is 6.61 Å². The Hall–Kier alpha value is -3.10. The van der Waals surface area contributed by atoms with Crippen molar-refractivity contribution in [2.24, 2.45) is 5.92 Å². The number of carbonyl (C=O) groups is 4. The maximum Gasteiger partial charge on any atom is 0.326 e. The van der Waals surface area contributed by atoms with Crippen LogP contribution in [0.25, 0.3) is 0 Å². The van der Waals surface area contributed by atoms with Gasteiger partial charge in [0.1, 0.15) is 17.8 Å². The number of benzene rings is 1. The quantitative estimate of drug-likeness (QED) is 0.512. The number of nitrogens with zero attached hydrogens (tertiary/aromatic N) is 1. The summed E-state index contributed by atoms with van der Waals surface area (Å²) in [5, 5.41) is 5.23. The van der Waals surface area contributed by atoms with Gasteiger partial charge in [-0.3, -0.25) is 19.3 Å². The molecule has 9 heteroatoms. The lowest BCUT2D eigenvalue weighted by molar-refractivity contribution is -0.150. The average Bonchev–Trinajstić information content (AvgIpc) is 3.48. The van der Waals surface area contributed by atoms with Gasteiger partial charge in [-0.25, -0.2) is 4.79 Å². The molecule has 1 saturated heterocycles. The van der Waals surface area contributed by atoms with E-state index in [0.29, 0.717) is 18.0 Å². The topological polar surface area (TPSA) is 114 Å². The normalized spacial score (nSPS) is 21.3. The monoisotopic (exact) mass is 389 g/mol. The van der Waals surface area contributed by atoms with E-state index >= 15 is 0 Å². The molecular formula is C19H23N3O6. The van der Waals surface area contributed by atoms with Gasteiger partial charge in [-0.05, 0) is 56.9 Å². The van der Waals surface area contributed by atoms with Crippen molar-refractivity contribution in [2.75, 3.05) is 25.1 Å². The largest absolute Gasteiger partial charge is 0.494 e. The van der Waals surface area contributed by atoms with Crippen LogP contribution >= 0.6 is 0 Å². The summed E-state index contributed by atoms with van der Waals surface area (Å²) in [5.41, 5.74) is -0.429. The number of rotatable bonds is 8. The Morgan fingerprint density at radius 3 is 2.54 bits per heavy atom. The summed E-state index contributed by atoms with van der Waals surface area (Å²) in [6, 6.07) is 6.13. The standard InChI is InChI=1S/C19H23N3O6/c1-3-27-14-8-6-13(7-9-14)20-15(23)11-28-16(24)10-22-17(25)19(2,12-4-5-12)21-18(22)26/h6-9,12H,3-5,10-11H2,1-2H3,(H,20,23)(H,21,26)/t19-/m1/s1. The van der Waals surface area contributed by atoms with E-state index in [0.717, 1.165) is 17.7 Å². The van der Waals surface area contributed by atoms with Gasteiger partial charge < -0.3 is 20.1 Å². The Bertz CT molecular complexity index is 789. The Labute approximate surface area is 162 Å². The molecule has 2 fully saturated rings. The van der Waals surface area contributed by atoms with E-state index in [1.165, 1.54) is 0 Å². The molecule has 3 rings (SSSR count). The van der Waals surface area contributed by atoms with Crippen molar-refractivity contribution < 1.29 is 28.7 Å². The predicted octanol–water partition coefficient (Wildman–Crippen LogP) is 1.29. The molecule has 1 aliphatic heterocycles. The van der Waals surface area contributed by atoms with E-state index in [-0.39, 0.29) is 5.92 Å². The molecule has 1 aliphatic carbocycles. The van der Waals surface area contributed by atoms with Crippen molar-refractivity contribution in [1.82, 2.24) is 10.2 Å². The van der Waals surface area contributed by atoms with Crippen LogP contribution in [0.3, 0.4) is 0 Å². The first-order valence-electron chi connectivity index (χ1n) is 9.16. The summed E-state index contributed by atoms with van der Waals surface area (Å²) in [7, 11) is 0. The molecule has 1 saturated carbocycles. The molecule has 4 amide bonds. The van der Waals surface area contributed by atoms with Crippen LogP contribution in [0.4, 0.5) is 10.5 Å². The van der Waals surface area contributed by atoms with Crippen molar-refractivity contribution >= 4 is 29.5 Å². The Balaban J connectivity index is 1.45. The van der Waals surface area contributed by atoms with Crippen LogP contribution < -0.4 is 15.4 Å². The molecule has 1 aromatic carbocycles. The first-order chi connectivity index (χ1) is 13.3. The number of amides is 4. The minimum absolute atomic E-state index is 0.102. The number of urea groups is 1. The molecular weight excluding hydrogens is 366 g/mol. The molecule has 150 valence electrons. The predicted molar refractivity (Wildman–Crippen MR) is 98.6 cm³/mol. The molecule has 0 aromatic heterocycles. The van der Waals surface area contributed by atoms with Gasteiger partial charge in [-0.15, -0.1) is 0 Å². The Morgan fingerprint density at radius 1 is 1.25 bits per heavy atom. The number of nitrogens with one attached hydrogen (secondary N) is 2. The van der Waals surface area contributed by atoms with Crippen LogP contribution in [0.15, 0.2) is 24.3 Å². The lowest BCUT2D eigenvalue weighted by Crippen LogP contribution is -2.46. The summed E-state index contributed by atoms with van der Waals surface area (Å²) in [6.45, 7) is 3.04. The van der Waals surface area contributed by atoms with E-state index in [9.17, 15) is 19.2 Å². The van der Waals surface area contributed by atoms with Gasteiger partial charge in [-0.2, -0.15) is 0 Å². The Morgan fingerprint density at radius 2 is 1.93 bits per heavy atom. The third-order valence-corrected chi connectivity index (χ3v) is 4.80. The molecule has 9 nitrogen and oxygen atoms in total. The molecule has 0 spiro atoms. The lowest BCUT2D eigenvalue weighted by atomic mass is 9.96. The zero-order valence-electron chi connectivity index (χ0n) is 15.8. The van der Waals surface area contributed by atoms with Crippen molar-refractivity contribution in [2.45, 2.75) is 32.2 Å². The third kappa shape index (κ3) is 4.24. The minimum Gasteiger partial charge on any atom is -0.494 e. The summed E-state index contributed by atoms with van der Waals surface area (Å²) in [5.74, 6) is -1.01. The highest BCUT2D eigenvalue weighted by Gasteiger charge is 2.56. The molecule has 1 aromatic rings. The molecule has 0 bridgehead atoms. The van der Waals surface area contributed by atoms with E-state index < -0.39 is 42.5 Å². The Kier molecular flexibility index (Phi) is 5.53. The SMILES string of the molecule is CCOc1ccc(NC(=O)COC(=O)CN2C(=O)N[C@](C)(C3CC3)C2=O)cc1. The minimum atomic E-state index is -0.956. The lowest BCUT2D eigenvalue weighted by Gasteiger charge is -2.20. The van der Waals surface area contributed by atoms with Crippen molar-refractivity contribution in [3.05, 3.63) is 24.3 Å². The fraction of sp³-hybridized carbons (Fsp3) is 0.474. The second-order valence-corrected chi connectivity index (χ2v) is 6.96. The van der Waals surface area contributed by atoms with Gasteiger partial charge >= 0.3 is 12.0 Å². The van der Waals surface area contributed by atoms with Gasteiger partial charge in [0.15, 0.2) is 6.61 Å². The van der Waals surface area contributed by atoms with E-state index in [1.54, 1.807) is 31.2 Å². The molecule has 0 unspecified atom stereocenters. The molecule has 28 heavy (non-hydrogen) atoms. The highest BCUT2D eigenvalue weighted by Crippen LogP contribution is 2.42. The second kappa shape index (κ2) is 7.87. The van der Waals surface area contributed by atoms with E-state index in [4.69, 9.17) is 9.47 Å². The zero-order valence-corrected chi connectivity index (χ0v) is 15.8. The number of imide groups is 1. The van der Waals surface area contributed by atoms with Crippen LogP contribution in [-0.4, -0.2) is 54.0 Å². The smallest absolute Gasteiger partial charge is 0.326 e. The van der Waals surface area contributed by atoms with Crippen LogP contribution in [0.5, 0.6) is 5.75 Å². The third-order valence-electron chi connectivity index (χ3n) is 4.80. The number of ether oxygens (including phenoxy) is 2. The molecule has 1 atom stereocenters. The molecule has 1 heterocycles. The van der Waals surface area contributed by atoms with Crippen molar-refractivity contribution in [1.29, 1.82) is 0 Å². The van der Waals surface area contributed by atoms with Crippen LogP contribution in [0, 0.1) is 5.92 Å². The summed E-state index contributed by atoms with van der Waals surface area (Å²) < 4.78 is 10.2. The van der Waals surface area contributed by atoms with Gasteiger partial charge in [0.25, 0.3) is 11.8 Å². The van der Waals surface area contributed by atoms with E-state index in [1.807, 2.05) is 6.92 Å². The fourth-order valence-electron chi connectivity index (χ4n) is 3.12.